The number of rotatable bonds is 4. The second-order valence-corrected chi connectivity index (χ2v) is 12.4. The summed E-state index contributed by atoms with van der Waals surface area (Å²) in [6, 6.07) is 56.9. The van der Waals surface area contributed by atoms with E-state index in [2.05, 4.69) is 127 Å². The van der Waals surface area contributed by atoms with Gasteiger partial charge < -0.3 is 4.42 Å². The van der Waals surface area contributed by atoms with Crippen LogP contribution >= 0.6 is 0 Å². The van der Waals surface area contributed by atoms with Crippen LogP contribution in [0, 0.1) is 0 Å². The highest BCUT2D eigenvalue weighted by Crippen LogP contribution is 2.41. The van der Waals surface area contributed by atoms with E-state index in [1.54, 1.807) is 0 Å². The minimum absolute atomic E-state index is 0.623. The summed E-state index contributed by atoms with van der Waals surface area (Å²) in [6.07, 6.45) is 0. The van der Waals surface area contributed by atoms with Crippen molar-refractivity contribution in [2.75, 3.05) is 0 Å². The topological polar surface area (TPSA) is 51.8 Å². The molecular weight excluding hydrogens is 599 g/mol. The van der Waals surface area contributed by atoms with Crippen molar-refractivity contribution in [1.29, 1.82) is 0 Å². The molecule has 0 spiro atoms. The van der Waals surface area contributed by atoms with Crippen LogP contribution in [-0.4, -0.2) is 15.0 Å². The standard InChI is InChI=1S/C45H27N3O/c1-2-13-28(14-3-1)43-46-44(48-45(47-43)39-26-30-16-5-6-17-32(30)34-19-8-9-20-35(34)39)31-25-29-15-4-7-18-33(29)38(27-31)36-22-12-24-41-42(36)37-21-10-11-23-40(37)49-41/h1-27H. The molecule has 0 atom stereocenters. The second kappa shape index (κ2) is 11.0. The fraction of sp³-hybridized carbons (Fsp3) is 0. The molecule has 228 valence electrons. The molecule has 0 aliphatic heterocycles. The van der Waals surface area contributed by atoms with Gasteiger partial charge in [-0.2, -0.15) is 0 Å². The van der Waals surface area contributed by atoms with Gasteiger partial charge in [0.15, 0.2) is 17.5 Å². The molecule has 0 aliphatic rings. The molecular formula is C45H27N3O. The van der Waals surface area contributed by atoms with E-state index >= 15 is 0 Å². The Balaban J connectivity index is 1.27. The van der Waals surface area contributed by atoms with Crippen LogP contribution in [0.2, 0.25) is 0 Å². The van der Waals surface area contributed by atoms with Crippen molar-refractivity contribution in [3.05, 3.63) is 164 Å². The zero-order chi connectivity index (χ0) is 32.3. The van der Waals surface area contributed by atoms with Gasteiger partial charge in [0.1, 0.15) is 11.2 Å². The summed E-state index contributed by atoms with van der Waals surface area (Å²) >= 11 is 0. The predicted octanol–water partition coefficient (Wildman–Crippen LogP) is 11.9. The number of para-hydroxylation sites is 1. The van der Waals surface area contributed by atoms with Crippen molar-refractivity contribution >= 4 is 54.3 Å². The lowest BCUT2D eigenvalue weighted by Crippen LogP contribution is -2.01. The van der Waals surface area contributed by atoms with E-state index in [-0.39, 0.29) is 0 Å². The molecule has 0 bridgehead atoms. The monoisotopic (exact) mass is 625 g/mol. The summed E-state index contributed by atoms with van der Waals surface area (Å²) in [6.45, 7) is 0. The molecule has 10 aromatic rings. The molecule has 0 aliphatic carbocycles. The van der Waals surface area contributed by atoms with Crippen molar-refractivity contribution in [1.82, 2.24) is 15.0 Å². The summed E-state index contributed by atoms with van der Waals surface area (Å²) in [4.78, 5) is 15.5. The molecule has 4 nitrogen and oxygen atoms in total. The first kappa shape index (κ1) is 27.5. The molecule has 10 rings (SSSR count). The molecule has 4 heteroatoms. The van der Waals surface area contributed by atoms with Gasteiger partial charge in [-0.25, -0.2) is 15.0 Å². The highest BCUT2D eigenvalue weighted by molar-refractivity contribution is 6.16. The molecule has 0 amide bonds. The number of benzene rings is 8. The first-order valence-corrected chi connectivity index (χ1v) is 16.4. The number of hydrogen-bond acceptors (Lipinski definition) is 4. The number of fused-ring (bicyclic) bond motifs is 7. The number of nitrogens with zero attached hydrogens (tertiary/aromatic N) is 3. The third kappa shape index (κ3) is 4.49. The Morgan fingerprint density at radius 3 is 1.73 bits per heavy atom. The molecule has 8 aromatic carbocycles. The van der Waals surface area contributed by atoms with Gasteiger partial charge in [0.25, 0.3) is 0 Å². The molecule has 0 fully saturated rings. The molecule has 0 saturated carbocycles. The van der Waals surface area contributed by atoms with Crippen molar-refractivity contribution in [3.8, 4) is 45.3 Å². The Bertz CT molecular complexity index is 2890. The van der Waals surface area contributed by atoms with Gasteiger partial charge in [-0.3, -0.25) is 0 Å². The molecule has 0 unspecified atom stereocenters. The largest absolute Gasteiger partial charge is 0.456 e. The maximum Gasteiger partial charge on any atom is 0.164 e. The molecule has 49 heavy (non-hydrogen) atoms. The molecule has 0 saturated heterocycles. The van der Waals surface area contributed by atoms with Crippen molar-refractivity contribution in [2.45, 2.75) is 0 Å². The Hall–Kier alpha value is -6.65. The lowest BCUT2D eigenvalue weighted by atomic mass is 9.92. The molecule has 2 aromatic heterocycles. The molecule has 0 radical (unpaired) electrons. The van der Waals surface area contributed by atoms with Gasteiger partial charge in [-0.1, -0.05) is 133 Å². The average molecular weight is 626 g/mol. The fourth-order valence-electron chi connectivity index (χ4n) is 7.24. The molecule has 0 N–H and O–H groups in total. The van der Waals surface area contributed by atoms with Crippen LogP contribution < -0.4 is 0 Å². The lowest BCUT2D eigenvalue weighted by molar-refractivity contribution is 0.669. The normalized spacial score (nSPS) is 11.7. The Morgan fingerprint density at radius 2 is 0.918 bits per heavy atom. The van der Waals surface area contributed by atoms with Crippen molar-refractivity contribution in [2.24, 2.45) is 0 Å². The van der Waals surface area contributed by atoms with Gasteiger partial charge in [-0.15, -0.1) is 0 Å². The van der Waals surface area contributed by atoms with Gasteiger partial charge in [-0.05, 0) is 73.8 Å². The number of furan rings is 1. The van der Waals surface area contributed by atoms with Crippen LogP contribution in [0.15, 0.2) is 168 Å². The SMILES string of the molecule is c1ccc(-c2nc(-c3cc(-c4cccc5oc6ccccc6c45)c4ccccc4c3)nc(-c3cc4ccccc4c4ccccc34)n2)cc1. The zero-order valence-electron chi connectivity index (χ0n) is 26.3. The number of aromatic nitrogens is 3. The summed E-state index contributed by atoms with van der Waals surface area (Å²) in [5.74, 6) is 1.90. The van der Waals surface area contributed by atoms with Gasteiger partial charge in [0, 0.05) is 27.5 Å². The maximum atomic E-state index is 6.30. The van der Waals surface area contributed by atoms with Crippen LogP contribution in [-0.2, 0) is 0 Å². The van der Waals surface area contributed by atoms with Crippen LogP contribution in [0.1, 0.15) is 0 Å². The minimum atomic E-state index is 0.623. The first-order valence-electron chi connectivity index (χ1n) is 16.4. The highest BCUT2D eigenvalue weighted by atomic mass is 16.3. The first-order chi connectivity index (χ1) is 24.3. The summed E-state index contributed by atoms with van der Waals surface area (Å²) in [5.41, 5.74) is 6.79. The number of hydrogen-bond donors (Lipinski definition) is 0. The average Bonchev–Trinajstić information content (AvgIpc) is 3.56. The second-order valence-electron chi connectivity index (χ2n) is 12.4. The predicted molar refractivity (Wildman–Crippen MR) is 201 cm³/mol. The summed E-state index contributed by atoms with van der Waals surface area (Å²) < 4.78 is 6.30. The van der Waals surface area contributed by atoms with Crippen LogP contribution in [0.3, 0.4) is 0 Å². The fourth-order valence-corrected chi connectivity index (χ4v) is 7.24. The minimum Gasteiger partial charge on any atom is -0.456 e. The molecule has 2 heterocycles. The van der Waals surface area contributed by atoms with E-state index in [0.29, 0.717) is 17.5 Å². The summed E-state index contributed by atoms with van der Waals surface area (Å²) in [5, 5.41) is 9.10. The highest BCUT2D eigenvalue weighted by Gasteiger charge is 2.19. The van der Waals surface area contributed by atoms with E-state index in [9.17, 15) is 0 Å². The van der Waals surface area contributed by atoms with Crippen LogP contribution in [0.5, 0.6) is 0 Å². The van der Waals surface area contributed by atoms with E-state index in [1.807, 2.05) is 36.4 Å². The van der Waals surface area contributed by atoms with E-state index in [0.717, 1.165) is 71.3 Å². The smallest absolute Gasteiger partial charge is 0.164 e. The lowest BCUT2D eigenvalue weighted by Gasteiger charge is -2.14. The maximum absolute atomic E-state index is 6.30. The third-order valence-electron chi connectivity index (χ3n) is 9.49. The van der Waals surface area contributed by atoms with E-state index in [1.165, 1.54) is 10.8 Å². The van der Waals surface area contributed by atoms with E-state index in [4.69, 9.17) is 19.4 Å². The quantitative estimate of drug-likeness (QED) is 0.183. The third-order valence-corrected chi connectivity index (χ3v) is 9.49. The Morgan fingerprint density at radius 1 is 0.327 bits per heavy atom. The van der Waals surface area contributed by atoms with E-state index < -0.39 is 0 Å². The van der Waals surface area contributed by atoms with Gasteiger partial charge in [0.2, 0.25) is 0 Å². The Kier molecular flexibility index (Phi) is 6.15. The zero-order valence-corrected chi connectivity index (χ0v) is 26.3. The summed E-state index contributed by atoms with van der Waals surface area (Å²) in [7, 11) is 0. The van der Waals surface area contributed by atoms with Crippen LogP contribution in [0.4, 0.5) is 0 Å². The van der Waals surface area contributed by atoms with Crippen molar-refractivity contribution < 1.29 is 4.42 Å². The van der Waals surface area contributed by atoms with Crippen LogP contribution in [0.25, 0.3) is 99.5 Å². The van der Waals surface area contributed by atoms with Gasteiger partial charge >= 0.3 is 0 Å². The van der Waals surface area contributed by atoms with Crippen molar-refractivity contribution in [3.63, 3.8) is 0 Å². The Labute approximate surface area is 282 Å². The van der Waals surface area contributed by atoms with Gasteiger partial charge in [0.05, 0.1) is 0 Å².